The van der Waals surface area contributed by atoms with Crippen molar-refractivity contribution >= 4 is 0 Å². The van der Waals surface area contributed by atoms with Gasteiger partial charge in [0.2, 0.25) is 0 Å². The van der Waals surface area contributed by atoms with Gasteiger partial charge in [0.05, 0.1) is 6.54 Å². The van der Waals surface area contributed by atoms with Gasteiger partial charge in [0.15, 0.2) is 12.0 Å². The number of hydrogen-bond acceptors (Lipinski definition) is 1. The number of alkyl halides is 1. The van der Waals surface area contributed by atoms with Crippen LogP contribution in [0.3, 0.4) is 0 Å². The van der Waals surface area contributed by atoms with Crippen LogP contribution in [-0.4, -0.2) is 12.7 Å². The van der Waals surface area contributed by atoms with Crippen molar-refractivity contribution in [3.63, 3.8) is 0 Å². The predicted molar refractivity (Wildman–Crippen MR) is 22.1 cm³/mol. The van der Waals surface area contributed by atoms with Gasteiger partial charge in [0.25, 0.3) is 0 Å². The monoisotopic (exact) mass is 105 g/mol. The summed E-state index contributed by atoms with van der Waals surface area (Å²) in [5, 5.41) is 2.41. The predicted octanol–water partition coefficient (Wildman–Crippen LogP) is 0.739. The van der Waals surface area contributed by atoms with Crippen LogP contribution in [0.5, 0.6) is 0 Å². The van der Waals surface area contributed by atoms with E-state index in [2.05, 4.69) is 5.32 Å². The molecular formula is C4H5F2N. The van der Waals surface area contributed by atoms with Crippen molar-refractivity contribution in [2.45, 2.75) is 6.17 Å². The van der Waals surface area contributed by atoms with E-state index in [9.17, 15) is 8.78 Å². The fourth-order valence-electron chi connectivity index (χ4n) is 0.448. The van der Waals surface area contributed by atoms with E-state index >= 15 is 0 Å². The third kappa shape index (κ3) is 0.706. The van der Waals surface area contributed by atoms with Gasteiger partial charge in [-0.05, 0) is 0 Å². The highest BCUT2D eigenvalue weighted by atomic mass is 19.2. The molecule has 1 atom stereocenters. The van der Waals surface area contributed by atoms with Crippen LogP contribution in [0, 0.1) is 0 Å². The van der Waals surface area contributed by atoms with Gasteiger partial charge in [-0.2, -0.15) is 0 Å². The largest absolute Gasteiger partial charge is 0.385 e. The van der Waals surface area contributed by atoms with Gasteiger partial charge in [0.1, 0.15) is 0 Å². The van der Waals surface area contributed by atoms with Gasteiger partial charge in [-0.1, -0.05) is 0 Å². The van der Waals surface area contributed by atoms with E-state index in [4.69, 9.17) is 0 Å². The molecule has 0 aliphatic carbocycles. The third-order valence-corrected chi connectivity index (χ3v) is 0.836. The number of hydrogen-bond donors (Lipinski definition) is 1. The molecule has 1 aliphatic rings. The van der Waals surface area contributed by atoms with Gasteiger partial charge in [0, 0.05) is 6.20 Å². The minimum absolute atomic E-state index is 0.0891. The van der Waals surface area contributed by atoms with Crippen molar-refractivity contribution in [3.05, 3.63) is 12.0 Å². The first-order chi connectivity index (χ1) is 3.30. The highest BCUT2D eigenvalue weighted by molar-refractivity contribution is 5.04. The van der Waals surface area contributed by atoms with Crippen molar-refractivity contribution in [1.82, 2.24) is 5.32 Å². The molecule has 1 heterocycles. The molecule has 0 aromatic carbocycles. The Balaban J connectivity index is 2.54. The van der Waals surface area contributed by atoms with E-state index < -0.39 is 12.0 Å². The molecule has 0 aromatic heterocycles. The van der Waals surface area contributed by atoms with Crippen LogP contribution in [0.4, 0.5) is 8.78 Å². The summed E-state index contributed by atoms with van der Waals surface area (Å²) in [5.41, 5.74) is 0. The molecule has 40 valence electrons. The van der Waals surface area contributed by atoms with E-state index in [1.807, 2.05) is 0 Å². The summed E-state index contributed by atoms with van der Waals surface area (Å²) in [6, 6.07) is 0. The Bertz CT molecular complexity index is 99.9. The molecule has 1 N–H and O–H groups in total. The smallest absolute Gasteiger partial charge is 0.170 e. The van der Waals surface area contributed by atoms with E-state index in [0.717, 1.165) is 6.20 Å². The van der Waals surface area contributed by atoms with Crippen molar-refractivity contribution in [3.8, 4) is 0 Å². The zero-order chi connectivity index (χ0) is 5.28. The molecule has 0 aromatic rings. The number of nitrogens with one attached hydrogen (secondary N) is 1. The third-order valence-electron chi connectivity index (χ3n) is 0.836. The second-order valence-corrected chi connectivity index (χ2v) is 1.41. The molecule has 0 fully saturated rings. The summed E-state index contributed by atoms with van der Waals surface area (Å²) in [6.45, 7) is 0.0891. The molecule has 1 nitrogen and oxygen atoms in total. The first kappa shape index (κ1) is 4.56. The van der Waals surface area contributed by atoms with Crippen LogP contribution >= 0.6 is 0 Å². The summed E-state index contributed by atoms with van der Waals surface area (Å²) < 4.78 is 23.6. The van der Waals surface area contributed by atoms with Gasteiger partial charge in [-0.15, -0.1) is 0 Å². The SMILES string of the molecule is FC1=CNCC1F. The number of rotatable bonds is 0. The summed E-state index contributed by atoms with van der Waals surface area (Å²) >= 11 is 0. The molecular weight excluding hydrogens is 100 g/mol. The average molecular weight is 105 g/mol. The molecule has 0 bridgehead atoms. The van der Waals surface area contributed by atoms with E-state index in [-0.39, 0.29) is 6.54 Å². The van der Waals surface area contributed by atoms with Crippen LogP contribution in [0.15, 0.2) is 12.0 Å². The standard InChI is InChI=1S/C4H5F2N/c5-3-1-7-2-4(3)6/h1,4,7H,2H2. The molecule has 1 rings (SSSR count). The second kappa shape index (κ2) is 1.48. The van der Waals surface area contributed by atoms with E-state index in [1.54, 1.807) is 0 Å². The Morgan fingerprint density at radius 2 is 2.57 bits per heavy atom. The lowest BCUT2D eigenvalue weighted by atomic mass is 10.4. The second-order valence-electron chi connectivity index (χ2n) is 1.41. The highest BCUT2D eigenvalue weighted by Crippen LogP contribution is 2.10. The van der Waals surface area contributed by atoms with Gasteiger partial charge < -0.3 is 5.32 Å². The fourth-order valence-corrected chi connectivity index (χ4v) is 0.448. The first-order valence-electron chi connectivity index (χ1n) is 2.04. The lowest BCUT2D eigenvalue weighted by Gasteiger charge is -1.90. The molecule has 7 heavy (non-hydrogen) atoms. The molecule has 3 heteroatoms. The molecule has 0 saturated heterocycles. The van der Waals surface area contributed by atoms with Crippen LogP contribution in [0.25, 0.3) is 0 Å². The first-order valence-corrected chi connectivity index (χ1v) is 2.04. The lowest BCUT2D eigenvalue weighted by Crippen LogP contribution is -2.09. The van der Waals surface area contributed by atoms with Crippen LogP contribution in [-0.2, 0) is 0 Å². The maximum absolute atomic E-state index is 11.8. The summed E-state index contributed by atoms with van der Waals surface area (Å²) in [6.07, 6.45) is -0.356. The highest BCUT2D eigenvalue weighted by Gasteiger charge is 2.16. The number of halogens is 2. The van der Waals surface area contributed by atoms with Crippen molar-refractivity contribution < 1.29 is 8.78 Å². The summed E-state index contributed by atoms with van der Waals surface area (Å²) in [5.74, 6) is -0.694. The molecule has 1 aliphatic heterocycles. The zero-order valence-electron chi connectivity index (χ0n) is 3.62. The van der Waals surface area contributed by atoms with E-state index in [0.29, 0.717) is 0 Å². The van der Waals surface area contributed by atoms with Crippen LogP contribution < -0.4 is 5.32 Å². The molecule has 0 amide bonds. The van der Waals surface area contributed by atoms with Gasteiger partial charge in [-0.25, -0.2) is 8.78 Å². The Hall–Kier alpha value is -0.600. The van der Waals surface area contributed by atoms with Crippen LogP contribution in [0.1, 0.15) is 0 Å². The Morgan fingerprint density at radius 1 is 1.86 bits per heavy atom. The Morgan fingerprint density at radius 3 is 2.71 bits per heavy atom. The Kier molecular flexibility index (Phi) is 0.964. The minimum atomic E-state index is -1.40. The fraction of sp³-hybridized carbons (Fsp3) is 0.500. The Labute approximate surface area is 40.0 Å². The zero-order valence-corrected chi connectivity index (χ0v) is 3.62. The molecule has 1 unspecified atom stereocenters. The average Bonchev–Trinajstić information content (AvgIpc) is 1.91. The van der Waals surface area contributed by atoms with E-state index in [1.165, 1.54) is 0 Å². The molecule has 0 saturated carbocycles. The topological polar surface area (TPSA) is 12.0 Å². The summed E-state index contributed by atoms with van der Waals surface area (Å²) in [7, 11) is 0. The lowest BCUT2D eigenvalue weighted by molar-refractivity contribution is 0.345. The molecule has 0 radical (unpaired) electrons. The van der Waals surface area contributed by atoms with Crippen molar-refractivity contribution in [1.29, 1.82) is 0 Å². The van der Waals surface area contributed by atoms with Crippen molar-refractivity contribution in [2.24, 2.45) is 0 Å². The van der Waals surface area contributed by atoms with Gasteiger partial charge in [-0.3, -0.25) is 0 Å². The minimum Gasteiger partial charge on any atom is -0.385 e. The summed E-state index contributed by atoms with van der Waals surface area (Å²) in [4.78, 5) is 0. The van der Waals surface area contributed by atoms with Crippen molar-refractivity contribution in [2.75, 3.05) is 6.54 Å². The quantitative estimate of drug-likeness (QED) is 0.479. The van der Waals surface area contributed by atoms with Crippen LogP contribution in [0.2, 0.25) is 0 Å². The van der Waals surface area contributed by atoms with Gasteiger partial charge >= 0.3 is 0 Å². The normalized spacial score (nSPS) is 29.4. The maximum atomic E-state index is 11.8. The maximum Gasteiger partial charge on any atom is 0.170 e. The molecule has 0 spiro atoms.